The fourth-order valence-electron chi connectivity index (χ4n) is 2.76. The molecule has 1 fully saturated rings. The second kappa shape index (κ2) is 5.88. The van der Waals surface area contributed by atoms with Gasteiger partial charge in [0.2, 0.25) is 5.91 Å². The van der Waals surface area contributed by atoms with Gasteiger partial charge in [-0.25, -0.2) is 4.39 Å². The molecule has 1 aliphatic heterocycles. The van der Waals surface area contributed by atoms with Gasteiger partial charge in [0.25, 0.3) is 5.91 Å². The molecule has 114 valence electrons. The summed E-state index contributed by atoms with van der Waals surface area (Å²) in [5.74, 6) is -0.555. The van der Waals surface area contributed by atoms with Gasteiger partial charge < -0.3 is 10.2 Å². The summed E-state index contributed by atoms with van der Waals surface area (Å²) in [6, 6.07) is 7.17. The van der Waals surface area contributed by atoms with E-state index < -0.39 is 0 Å². The Balaban J connectivity index is 1.83. The maximum atomic E-state index is 13.1. The Hall–Kier alpha value is -2.21. The van der Waals surface area contributed by atoms with E-state index in [1.165, 1.54) is 23.5 Å². The third-order valence-corrected chi connectivity index (χ3v) is 4.58. The number of halogens is 1. The van der Waals surface area contributed by atoms with Crippen LogP contribution in [0.3, 0.4) is 0 Å². The van der Waals surface area contributed by atoms with Crippen molar-refractivity contribution in [3.63, 3.8) is 0 Å². The Morgan fingerprint density at radius 1 is 1.32 bits per heavy atom. The van der Waals surface area contributed by atoms with Gasteiger partial charge in [-0.3, -0.25) is 9.59 Å². The van der Waals surface area contributed by atoms with Crippen molar-refractivity contribution in [2.75, 3.05) is 7.05 Å². The van der Waals surface area contributed by atoms with Crippen molar-refractivity contribution in [2.45, 2.75) is 18.5 Å². The van der Waals surface area contributed by atoms with Crippen LogP contribution in [0.1, 0.15) is 28.4 Å². The van der Waals surface area contributed by atoms with Crippen LogP contribution in [0.5, 0.6) is 0 Å². The zero-order valence-electron chi connectivity index (χ0n) is 12.0. The lowest BCUT2D eigenvalue weighted by atomic mass is 10.00. The Bertz CT molecular complexity index is 685. The first kappa shape index (κ1) is 14.7. The summed E-state index contributed by atoms with van der Waals surface area (Å²) in [6.45, 7) is 0. The quantitative estimate of drug-likeness (QED) is 0.945. The molecule has 0 radical (unpaired) electrons. The van der Waals surface area contributed by atoms with E-state index in [2.05, 4.69) is 5.32 Å². The number of carbonyl (C=O) groups excluding carboxylic acids is 2. The van der Waals surface area contributed by atoms with Crippen LogP contribution in [0.4, 0.5) is 4.39 Å². The van der Waals surface area contributed by atoms with Crippen molar-refractivity contribution in [3.05, 3.63) is 58.0 Å². The molecule has 4 nitrogen and oxygen atoms in total. The lowest BCUT2D eigenvalue weighted by molar-refractivity contribution is -0.127. The zero-order chi connectivity index (χ0) is 15.7. The number of carbonyl (C=O) groups is 2. The maximum absolute atomic E-state index is 13.1. The zero-order valence-corrected chi connectivity index (χ0v) is 12.8. The molecule has 0 aliphatic carbocycles. The number of thiophene rings is 1. The topological polar surface area (TPSA) is 49.4 Å². The molecule has 6 heteroatoms. The molecule has 2 atom stereocenters. The molecule has 1 saturated heterocycles. The van der Waals surface area contributed by atoms with E-state index in [4.69, 9.17) is 0 Å². The summed E-state index contributed by atoms with van der Waals surface area (Å²) in [4.78, 5) is 25.8. The first-order chi connectivity index (χ1) is 10.6. The predicted octanol–water partition coefficient (Wildman–Crippen LogP) is 2.59. The lowest BCUT2D eigenvalue weighted by Crippen LogP contribution is -2.38. The molecule has 3 rings (SSSR count). The van der Waals surface area contributed by atoms with E-state index in [0.717, 1.165) is 5.56 Å². The monoisotopic (exact) mass is 318 g/mol. The number of hydrogen-bond donors (Lipinski definition) is 1. The molecule has 0 spiro atoms. The predicted molar refractivity (Wildman–Crippen MR) is 82.1 cm³/mol. The SMILES string of the molecule is CN1C(=O)CC(NC(=O)c2ccsc2)C1c1ccc(F)cc1. The average molecular weight is 318 g/mol. The number of likely N-dealkylation sites (tertiary alicyclic amines) is 1. The summed E-state index contributed by atoms with van der Waals surface area (Å²) in [7, 11) is 1.70. The third-order valence-electron chi connectivity index (χ3n) is 3.90. The van der Waals surface area contributed by atoms with Crippen LogP contribution in [0.25, 0.3) is 0 Å². The minimum atomic E-state index is -0.324. The van der Waals surface area contributed by atoms with Crippen LogP contribution >= 0.6 is 11.3 Å². The first-order valence-electron chi connectivity index (χ1n) is 6.90. The summed E-state index contributed by atoms with van der Waals surface area (Å²) in [5, 5.41) is 6.51. The molecular formula is C16H15FN2O2S. The minimum absolute atomic E-state index is 0.0371. The van der Waals surface area contributed by atoms with Gasteiger partial charge in [-0.05, 0) is 29.1 Å². The summed E-state index contributed by atoms with van der Waals surface area (Å²) in [6.07, 6.45) is 0.244. The van der Waals surface area contributed by atoms with Crippen molar-refractivity contribution in [3.8, 4) is 0 Å². The van der Waals surface area contributed by atoms with Crippen LogP contribution in [-0.2, 0) is 4.79 Å². The molecule has 2 unspecified atom stereocenters. The van der Waals surface area contributed by atoms with Gasteiger partial charge in [0.15, 0.2) is 0 Å². The van der Waals surface area contributed by atoms with Crippen molar-refractivity contribution in [2.24, 2.45) is 0 Å². The molecule has 1 aromatic carbocycles. The van der Waals surface area contributed by atoms with Crippen molar-refractivity contribution in [1.82, 2.24) is 10.2 Å². The Labute approximate surface area is 131 Å². The second-order valence-corrected chi connectivity index (χ2v) is 6.08. The summed E-state index contributed by atoms with van der Waals surface area (Å²) >= 11 is 1.45. The smallest absolute Gasteiger partial charge is 0.252 e. The van der Waals surface area contributed by atoms with Crippen molar-refractivity contribution < 1.29 is 14.0 Å². The minimum Gasteiger partial charge on any atom is -0.346 e. The fraction of sp³-hybridized carbons (Fsp3) is 0.250. The van der Waals surface area contributed by atoms with Crippen molar-refractivity contribution in [1.29, 1.82) is 0 Å². The molecule has 2 heterocycles. The van der Waals surface area contributed by atoms with Crippen molar-refractivity contribution >= 4 is 23.2 Å². The molecule has 2 amide bonds. The van der Waals surface area contributed by atoms with Gasteiger partial charge in [0, 0.05) is 24.4 Å². The van der Waals surface area contributed by atoms with Gasteiger partial charge in [0.1, 0.15) is 5.82 Å². The summed E-state index contributed by atoms with van der Waals surface area (Å²) < 4.78 is 13.1. The molecule has 22 heavy (non-hydrogen) atoms. The number of benzene rings is 1. The Kier molecular flexibility index (Phi) is 3.94. The molecule has 2 aromatic rings. The molecule has 0 saturated carbocycles. The Morgan fingerprint density at radius 2 is 2.05 bits per heavy atom. The molecule has 1 N–H and O–H groups in total. The molecule has 1 aromatic heterocycles. The number of likely N-dealkylation sites (N-methyl/N-ethyl adjacent to an activating group) is 1. The van der Waals surface area contributed by atoms with Crippen LogP contribution < -0.4 is 5.32 Å². The van der Waals surface area contributed by atoms with Gasteiger partial charge >= 0.3 is 0 Å². The van der Waals surface area contributed by atoms with Gasteiger partial charge in [0.05, 0.1) is 12.1 Å². The molecular weight excluding hydrogens is 303 g/mol. The van der Waals surface area contributed by atoms with Crippen LogP contribution in [0.15, 0.2) is 41.1 Å². The number of hydrogen-bond acceptors (Lipinski definition) is 3. The van der Waals surface area contributed by atoms with Gasteiger partial charge in [-0.2, -0.15) is 11.3 Å². The van der Waals surface area contributed by atoms with Crippen LogP contribution in [0, 0.1) is 5.82 Å². The maximum Gasteiger partial charge on any atom is 0.252 e. The highest BCUT2D eigenvalue weighted by Crippen LogP contribution is 2.32. The first-order valence-corrected chi connectivity index (χ1v) is 7.84. The molecule has 1 aliphatic rings. The van der Waals surface area contributed by atoms with Gasteiger partial charge in [-0.15, -0.1) is 0 Å². The number of nitrogens with one attached hydrogen (secondary N) is 1. The highest BCUT2D eigenvalue weighted by atomic mass is 32.1. The summed E-state index contributed by atoms with van der Waals surface area (Å²) in [5.41, 5.74) is 1.40. The van der Waals surface area contributed by atoms with E-state index in [1.807, 2.05) is 5.38 Å². The van der Waals surface area contributed by atoms with E-state index >= 15 is 0 Å². The molecule has 0 bridgehead atoms. The Morgan fingerprint density at radius 3 is 2.68 bits per heavy atom. The largest absolute Gasteiger partial charge is 0.346 e. The standard InChI is InChI=1S/C16H15FN2O2S/c1-19-14(20)8-13(18-16(21)11-6-7-22-9-11)15(19)10-2-4-12(17)5-3-10/h2-7,9,13,15H,8H2,1H3,(H,18,21). The van der Waals surface area contributed by atoms with E-state index in [0.29, 0.717) is 5.56 Å². The van der Waals surface area contributed by atoms with Crippen LogP contribution in [-0.4, -0.2) is 29.8 Å². The second-order valence-electron chi connectivity index (χ2n) is 5.30. The number of rotatable bonds is 3. The average Bonchev–Trinajstić information content (AvgIpc) is 3.11. The number of nitrogens with zero attached hydrogens (tertiary/aromatic N) is 1. The van der Waals surface area contributed by atoms with Gasteiger partial charge in [-0.1, -0.05) is 12.1 Å². The lowest BCUT2D eigenvalue weighted by Gasteiger charge is -2.26. The highest BCUT2D eigenvalue weighted by molar-refractivity contribution is 7.08. The van der Waals surface area contributed by atoms with E-state index in [9.17, 15) is 14.0 Å². The third kappa shape index (κ3) is 2.74. The fourth-order valence-corrected chi connectivity index (χ4v) is 3.40. The van der Waals surface area contributed by atoms with Crippen LogP contribution in [0.2, 0.25) is 0 Å². The van der Waals surface area contributed by atoms with E-state index in [-0.39, 0.29) is 36.1 Å². The van der Waals surface area contributed by atoms with E-state index in [1.54, 1.807) is 35.5 Å². The number of amides is 2. The normalized spacial score (nSPS) is 21.2. The highest BCUT2D eigenvalue weighted by Gasteiger charge is 2.39.